The Hall–Kier alpha value is -3.51. The lowest BCUT2D eigenvalue weighted by atomic mass is 10.1. The minimum Gasteiger partial charge on any atom is -0.489 e. The number of carbonyl (C=O) groups excluding carboxylic acids is 1. The van der Waals surface area contributed by atoms with Crippen LogP contribution >= 0.6 is 11.6 Å². The van der Waals surface area contributed by atoms with Gasteiger partial charge >= 0.3 is 5.97 Å². The molecule has 0 atom stereocenters. The van der Waals surface area contributed by atoms with E-state index in [-0.39, 0.29) is 12.3 Å². The van der Waals surface area contributed by atoms with Gasteiger partial charge in [0.15, 0.2) is 0 Å². The van der Waals surface area contributed by atoms with Crippen LogP contribution in [0.5, 0.6) is 5.75 Å². The number of para-hydroxylation sites is 1. The van der Waals surface area contributed by atoms with Gasteiger partial charge in [-0.05, 0) is 55.8 Å². The summed E-state index contributed by atoms with van der Waals surface area (Å²) in [6.07, 6.45) is 4.03. The van der Waals surface area contributed by atoms with Crippen LogP contribution in [0.15, 0.2) is 76.9 Å². The predicted molar refractivity (Wildman–Crippen MR) is 128 cm³/mol. The van der Waals surface area contributed by atoms with E-state index in [1.807, 2.05) is 43.3 Å². The van der Waals surface area contributed by atoms with Crippen molar-refractivity contribution in [2.75, 3.05) is 13.7 Å². The number of hydrogen-bond donors (Lipinski definition) is 1. The standard InChI is InChI=1S/C26H26ClNO5/c1-18(9-12-25(29)30)13-15-33-23-7-4-3-6-20(23)17-28(2)26(31)19-10-11-21(22(27)16-19)24-8-5-14-32-24/h3-8,10-11,13-14,16H,9,12,15,17H2,1-2H3,(H,29,30)/b18-13+. The lowest BCUT2D eigenvalue weighted by Gasteiger charge is -2.20. The van der Waals surface area contributed by atoms with Gasteiger partial charge < -0.3 is 19.2 Å². The van der Waals surface area contributed by atoms with Crippen LogP contribution in [-0.4, -0.2) is 35.5 Å². The van der Waals surface area contributed by atoms with Crippen molar-refractivity contribution in [2.45, 2.75) is 26.3 Å². The molecule has 0 saturated carbocycles. The highest BCUT2D eigenvalue weighted by atomic mass is 35.5. The van der Waals surface area contributed by atoms with Gasteiger partial charge in [-0.25, -0.2) is 0 Å². The Kier molecular flexibility index (Phi) is 8.33. The molecule has 2 aromatic carbocycles. The number of allylic oxidation sites excluding steroid dienone is 1. The number of furan rings is 1. The van der Waals surface area contributed by atoms with Crippen molar-refractivity contribution in [1.82, 2.24) is 4.90 Å². The molecule has 1 heterocycles. The van der Waals surface area contributed by atoms with Crippen LogP contribution in [0.3, 0.4) is 0 Å². The third-order valence-corrected chi connectivity index (χ3v) is 5.45. The summed E-state index contributed by atoms with van der Waals surface area (Å²) >= 11 is 6.39. The molecule has 1 N–H and O–H groups in total. The van der Waals surface area contributed by atoms with E-state index in [0.29, 0.717) is 41.7 Å². The molecule has 33 heavy (non-hydrogen) atoms. The van der Waals surface area contributed by atoms with E-state index >= 15 is 0 Å². The van der Waals surface area contributed by atoms with E-state index in [2.05, 4.69) is 0 Å². The summed E-state index contributed by atoms with van der Waals surface area (Å²) in [6.45, 7) is 2.56. The largest absolute Gasteiger partial charge is 0.489 e. The lowest BCUT2D eigenvalue weighted by Crippen LogP contribution is -2.26. The molecule has 3 aromatic rings. The number of halogens is 1. The number of nitrogens with zero attached hydrogens (tertiary/aromatic N) is 1. The normalized spacial score (nSPS) is 11.3. The second-order valence-electron chi connectivity index (χ2n) is 7.70. The maximum absolute atomic E-state index is 13.0. The van der Waals surface area contributed by atoms with Gasteiger partial charge in [-0.15, -0.1) is 0 Å². The van der Waals surface area contributed by atoms with Crippen molar-refractivity contribution in [3.63, 3.8) is 0 Å². The highest BCUT2D eigenvalue weighted by molar-refractivity contribution is 6.33. The summed E-state index contributed by atoms with van der Waals surface area (Å²) < 4.78 is 11.3. The predicted octanol–water partition coefficient (Wildman–Crippen LogP) is 6.06. The van der Waals surface area contributed by atoms with Crippen LogP contribution in [0.2, 0.25) is 5.02 Å². The number of aliphatic carboxylic acids is 1. The molecular formula is C26H26ClNO5. The minimum absolute atomic E-state index is 0.0956. The summed E-state index contributed by atoms with van der Waals surface area (Å²) in [5.41, 5.74) is 3.03. The van der Waals surface area contributed by atoms with Crippen molar-refractivity contribution in [2.24, 2.45) is 0 Å². The first kappa shape index (κ1) is 24.1. The Morgan fingerprint density at radius 2 is 1.91 bits per heavy atom. The van der Waals surface area contributed by atoms with Crippen LogP contribution in [-0.2, 0) is 11.3 Å². The molecular weight excluding hydrogens is 442 g/mol. The number of carbonyl (C=O) groups is 2. The van der Waals surface area contributed by atoms with Crippen molar-refractivity contribution >= 4 is 23.5 Å². The molecule has 0 saturated heterocycles. The van der Waals surface area contributed by atoms with Crippen molar-refractivity contribution < 1.29 is 23.8 Å². The average Bonchev–Trinajstić information content (AvgIpc) is 3.32. The van der Waals surface area contributed by atoms with Gasteiger partial charge in [0, 0.05) is 36.7 Å². The topological polar surface area (TPSA) is 80.0 Å². The highest BCUT2D eigenvalue weighted by Crippen LogP contribution is 2.29. The van der Waals surface area contributed by atoms with Crippen LogP contribution in [0.25, 0.3) is 11.3 Å². The second-order valence-corrected chi connectivity index (χ2v) is 8.10. The minimum atomic E-state index is -0.821. The highest BCUT2D eigenvalue weighted by Gasteiger charge is 2.16. The molecule has 7 heteroatoms. The van der Waals surface area contributed by atoms with Gasteiger partial charge in [0.1, 0.15) is 18.1 Å². The van der Waals surface area contributed by atoms with Crippen molar-refractivity contribution in [3.05, 3.63) is 88.7 Å². The number of carboxylic acid groups (broad SMARTS) is 1. The van der Waals surface area contributed by atoms with E-state index in [0.717, 1.165) is 16.7 Å². The van der Waals surface area contributed by atoms with Gasteiger partial charge in [-0.2, -0.15) is 0 Å². The number of carboxylic acids is 1. The van der Waals surface area contributed by atoms with Gasteiger partial charge in [0.2, 0.25) is 0 Å². The lowest BCUT2D eigenvalue weighted by molar-refractivity contribution is -0.136. The molecule has 172 valence electrons. The smallest absolute Gasteiger partial charge is 0.303 e. The van der Waals surface area contributed by atoms with Gasteiger partial charge in [-0.3, -0.25) is 9.59 Å². The maximum Gasteiger partial charge on any atom is 0.303 e. The number of benzene rings is 2. The molecule has 0 aliphatic rings. The fraction of sp³-hybridized carbons (Fsp3) is 0.231. The molecule has 6 nitrogen and oxygen atoms in total. The zero-order valence-electron chi connectivity index (χ0n) is 18.6. The first-order valence-corrected chi connectivity index (χ1v) is 10.9. The quantitative estimate of drug-likeness (QED) is 0.366. The second kappa shape index (κ2) is 11.4. The van der Waals surface area contributed by atoms with E-state index in [9.17, 15) is 9.59 Å². The first-order valence-electron chi connectivity index (χ1n) is 10.5. The van der Waals surface area contributed by atoms with E-state index in [4.69, 9.17) is 25.9 Å². The molecule has 0 fully saturated rings. The van der Waals surface area contributed by atoms with Gasteiger partial charge in [0.25, 0.3) is 5.91 Å². The summed E-state index contributed by atoms with van der Waals surface area (Å²) in [7, 11) is 1.73. The zero-order valence-corrected chi connectivity index (χ0v) is 19.3. The molecule has 0 aliphatic carbocycles. The number of hydrogen-bond acceptors (Lipinski definition) is 4. The monoisotopic (exact) mass is 467 g/mol. The van der Waals surface area contributed by atoms with Crippen LogP contribution in [0.1, 0.15) is 35.7 Å². The Morgan fingerprint density at radius 3 is 2.61 bits per heavy atom. The van der Waals surface area contributed by atoms with E-state index in [1.165, 1.54) is 0 Å². The number of ether oxygens (including phenoxy) is 1. The summed E-state index contributed by atoms with van der Waals surface area (Å²) in [6, 6.07) is 16.3. The van der Waals surface area contributed by atoms with Gasteiger partial charge in [-0.1, -0.05) is 35.4 Å². The molecule has 0 aliphatic heterocycles. The average molecular weight is 468 g/mol. The Balaban J connectivity index is 1.65. The first-order chi connectivity index (χ1) is 15.8. The van der Waals surface area contributed by atoms with Crippen LogP contribution in [0, 0.1) is 0 Å². The van der Waals surface area contributed by atoms with Crippen molar-refractivity contribution in [3.8, 4) is 17.1 Å². The fourth-order valence-corrected chi connectivity index (χ4v) is 3.56. The number of rotatable bonds is 10. The summed E-state index contributed by atoms with van der Waals surface area (Å²) in [4.78, 5) is 25.3. The van der Waals surface area contributed by atoms with Crippen LogP contribution < -0.4 is 4.74 Å². The van der Waals surface area contributed by atoms with Gasteiger partial charge in [0.05, 0.1) is 11.3 Å². The molecule has 0 radical (unpaired) electrons. The third kappa shape index (κ3) is 6.73. The van der Waals surface area contributed by atoms with Crippen molar-refractivity contribution in [1.29, 1.82) is 0 Å². The van der Waals surface area contributed by atoms with E-state index in [1.54, 1.807) is 42.5 Å². The van der Waals surface area contributed by atoms with Crippen LogP contribution in [0.4, 0.5) is 0 Å². The molecule has 1 aromatic heterocycles. The fourth-order valence-electron chi connectivity index (χ4n) is 3.28. The van der Waals surface area contributed by atoms with E-state index < -0.39 is 5.97 Å². The summed E-state index contributed by atoms with van der Waals surface area (Å²) in [5.74, 6) is 0.331. The number of amides is 1. The molecule has 0 spiro atoms. The Morgan fingerprint density at radius 1 is 1.12 bits per heavy atom. The molecule has 0 unspecified atom stereocenters. The zero-order chi connectivity index (χ0) is 23.8. The molecule has 3 rings (SSSR count). The SMILES string of the molecule is C/C(=C\COc1ccccc1CN(C)C(=O)c1ccc(-c2ccco2)c(Cl)c1)CCC(=O)O. The molecule has 0 bridgehead atoms. The summed E-state index contributed by atoms with van der Waals surface area (Å²) in [5, 5.41) is 9.23. The third-order valence-electron chi connectivity index (χ3n) is 5.13. The Bertz CT molecular complexity index is 1140. The molecule has 1 amide bonds. The Labute approximate surface area is 198 Å². The maximum atomic E-state index is 13.0.